The monoisotopic (exact) mass is 316 g/mol. The van der Waals surface area contributed by atoms with E-state index in [1.807, 2.05) is 13.0 Å². The van der Waals surface area contributed by atoms with E-state index in [0.717, 1.165) is 16.9 Å². The van der Waals surface area contributed by atoms with Gasteiger partial charge in [-0.2, -0.15) is 0 Å². The van der Waals surface area contributed by atoms with Crippen molar-refractivity contribution in [3.8, 4) is 17.0 Å². The molecule has 2 aromatic heterocycles. The van der Waals surface area contributed by atoms with Crippen molar-refractivity contribution in [2.24, 2.45) is 0 Å². The summed E-state index contributed by atoms with van der Waals surface area (Å²) in [5, 5.41) is 10.00. The Bertz CT molecular complexity index is 886. The number of pyridine rings is 1. The van der Waals surface area contributed by atoms with Gasteiger partial charge in [-0.1, -0.05) is 11.6 Å². The second-order valence-corrected chi connectivity index (χ2v) is 5.31. The van der Waals surface area contributed by atoms with Gasteiger partial charge in [-0.05, 0) is 42.8 Å². The van der Waals surface area contributed by atoms with Crippen molar-refractivity contribution in [3.63, 3.8) is 0 Å². The SMILES string of the molecule is COc1ccc(-c2nc3ccc(Cl)cn3c2C(=O)O)cc1C. The molecule has 0 saturated heterocycles. The van der Waals surface area contributed by atoms with Crippen molar-refractivity contribution in [2.45, 2.75) is 6.92 Å². The van der Waals surface area contributed by atoms with Crippen molar-refractivity contribution in [1.29, 1.82) is 0 Å². The fourth-order valence-electron chi connectivity index (χ4n) is 2.45. The summed E-state index contributed by atoms with van der Waals surface area (Å²) in [6.45, 7) is 1.90. The van der Waals surface area contributed by atoms with Gasteiger partial charge in [0, 0.05) is 11.8 Å². The third-order valence-corrected chi connectivity index (χ3v) is 3.68. The zero-order valence-electron chi connectivity index (χ0n) is 12.0. The quantitative estimate of drug-likeness (QED) is 0.800. The number of rotatable bonds is 3. The largest absolute Gasteiger partial charge is 0.496 e. The molecular formula is C16H13ClN2O3. The Balaban J connectivity index is 2.28. The zero-order chi connectivity index (χ0) is 15.9. The summed E-state index contributed by atoms with van der Waals surface area (Å²) in [5.41, 5.74) is 2.65. The van der Waals surface area contributed by atoms with Crippen molar-refractivity contribution in [2.75, 3.05) is 7.11 Å². The second-order valence-electron chi connectivity index (χ2n) is 4.87. The lowest BCUT2D eigenvalue weighted by Crippen LogP contribution is -2.03. The number of ether oxygens (including phenoxy) is 1. The van der Waals surface area contributed by atoms with Crippen LogP contribution < -0.4 is 4.74 Å². The lowest BCUT2D eigenvalue weighted by atomic mass is 10.1. The maximum Gasteiger partial charge on any atom is 0.355 e. The standard InChI is InChI=1S/C16H13ClN2O3/c1-9-7-10(3-5-12(9)22-2)14-15(16(20)21)19-8-11(17)4-6-13(19)18-14/h3-8H,1-2H3,(H,20,21). The molecule has 3 rings (SSSR count). The number of aryl methyl sites for hydroxylation is 1. The van der Waals surface area contributed by atoms with E-state index in [9.17, 15) is 9.90 Å². The minimum atomic E-state index is -1.06. The first-order valence-electron chi connectivity index (χ1n) is 6.57. The highest BCUT2D eigenvalue weighted by Gasteiger charge is 2.20. The summed E-state index contributed by atoms with van der Waals surface area (Å²) < 4.78 is 6.71. The smallest absolute Gasteiger partial charge is 0.355 e. The molecule has 5 nitrogen and oxygen atoms in total. The molecule has 0 fully saturated rings. The van der Waals surface area contributed by atoms with Crippen LogP contribution in [0.1, 0.15) is 16.1 Å². The summed E-state index contributed by atoms with van der Waals surface area (Å²) in [6, 6.07) is 8.82. The van der Waals surface area contributed by atoms with Crippen LogP contribution in [0.2, 0.25) is 5.02 Å². The summed E-state index contributed by atoms with van der Waals surface area (Å²) in [7, 11) is 1.59. The van der Waals surface area contributed by atoms with Crippen LogP contribution >= 0.6 is 11.6 Å². The fraction of sp³-hybridized carbons (Fsp3) is 0.125. The van der Waals surface area contributed by atoms with Crippen molar-refractivity contribution in [3.05, 3.63) is 52.8 Å². The summed E-state index contributed by atoms with van der Waals surface area (Å²) in [4.78, 5) is 16.1. The summed E-state index contributed by atoms with van der Waals surface area (Å²) in [6.07, 6.45) is 1.55. The van der Waals surface area contributed by atoms with Crippen molar-refractivity contribution < 1.29 is 14.6 Å². The molecular weight excluding hydrogens is 304 g/mol. The van der Waals surface area contributed by atoms with E-state index in [1.54, 1.807) is 37.6 Å². The predicted molar refractivity (Wildman–Crippen MR) is 83.9 cm³/mol. The van der Waals surface area contributed by atoms with Crippen LogP contribution in [0.3, 0.4) is 0 Å². The summed E-state index contributed by atoms with van der Waals surface area (Å²) in [5.74, 6) is -0.314. The van der Waals surface area contributed by atoms with Gasteiger partial charge < -0.3 is 9.84 Å². The molecule has 0 saturated carbocycles. The normalized spacial score (nSPS) is 10.9. The highest BCUT2D eigenvalue weighted by atomic mass is 35.5. The van der Waals surface area contributed by atoms with Gasteiger partial charge in [0.05, 0.1) is 12.1 Å². The van der Waals surface area contributed by atoms with Crippen LogP contribution in [-0.2, 0) is 0 Å². The molecule has 112 valence electrons. The minimum Gasteiger partial charge on any atom is -0.496 e. The van der Waals surface area contributed by atoms with Crippen LogP contribution in [0.4, 0.5) is 0 Å². The maximum atomic E-state index is 11.7. The van der Waals surface area contributed by atoms with Crippen molar-refractivity contribution in [1.82, 2.24) is 9.38 Å². The molecule has 0 aliphatic carbocycles. The van der Waals surface area contributed by atoms with Gasteiger partial charge in [0.2, 0.25) is 0 Å². The van der Waals surface area contributed by atoms with E-state index in [0.29, 0.717) is 16.4 Å². The van der Waals surface area contributed by atoms with Crippen molar-refractivity contribution >= 4 is 23.2 Å². The average Bonchev–Trinajstić information content (AvgIpc) is 2.85. The number of imidazole rings is 1. The van der Waals surface area contributed by atoms with Crippen LogP contribution in [0.25, 0.3) is 16.9 Å². The number of nitrogens with zero attached hydrogens (tertiary/aromatic N) is 2. The number of carboxylic acids is 1. The van der Waals surface area contributed by atoms with Crippen LogP contribution in [-0.4, -0.2) is 27.6 Å². The summed E-state index contributed by atoms with van der Waals surface area (Å²) >= 11 is 5.96. The first-order valence-corrected chi connectivity index (χ1v) is 6.95. The highest BCUT2D eigenvalue weighted by Crippen LogP contribution is 2.29. The van der Waals surface area contributed by atoms with Crippen LogP contribution in [0, 0.1) is 6.92 Å². The van der Waals surface area contributed by atoms with Crippen LogP contribution in [0.5, 0.6) is 5.75 Å². The molecule has 0 aliphatic rings. The molecule has 1 aromatic carbocycles. The van der Waals surface area contributed by atoms with E-state index < -0.39 is 5.97 Å². The number of hydrogen-bond donors (Lipinski definition) is 1. The van der Waals surface area contributed by atoms with Gasteiger partial charge >= 0.3 is 5.97 Å². The van der Waals surface area contributed by atoms with Gasteiger partial charge in [0.15, 0.2) is 5.69 Å². The Labute approximate surface area is 131 Å². The number of carboxylic acid groups (broad SMARTS) is 1. The third kappa shape index (κ3) is 2.29. The molecule has 2 heterocycles. The molecule has 0 aliphatic heterocycles. The van der Waals surface area contributed by atoms with E-state index in [1.165, 1.54) is 4.40 Å². The second kappa shape index (κ2) is 5.35. The number of hydrogen-bond acceptors (Lipinski definition) is 3. The number of methoxy groups -OCH3 is 1. The molecule has 0 radical (unpaired) electrons. The Morgan fingerprint density at radius 1 is 1.32 bits per heavy atom. The first-order chi connectivity index (χ1) is 10.5. The van der Waals surface area contributed by atoms with E-state index in [-0.39, 0.29) is 5.69 Å². The van der Waals surface area contributed by atoms with E-state index >= 15 is 0 Å². The lowest BCUT2D eigenvalue weighted by molar-refractivity contribution is 0.0690. The van der Waals surface area contributed by atoms with E-state index in [4.69, 9.17) is 16.3 Å². The number of halogens is 1. The van der Waals surface area contributed by atoms with Gasteiger partial charge in [-0.3, -0.25) is 4.40 Å². The number of aromatic nitrogens is 2. The lowest BCUT2D eigenvalue weighted by Gasteiger charge is -2.06. The molecule has 22 heavy (non-hydrogen) atoms. The molecule has 0 bridgehead atoms. The number of carbonyl (C=O) groups is 1. The average molecular weight is 317 g/mol. The highest BCUT2D eigenvalue weighted by molar-refractivity contribution is 6.30. The molecule has 6 heteroatoms. The number of aromatic carboxylic acids is 1. The molecule has 0 amide bonds. The van der Waals surface area contributed by atoms with Gasteiger partial charge in [-0.25, -0.2) is 9.78 Å². The predicted octanol–water partition coefficient (Wildman–Crippen LogP) is 3.67. The molecule has 0 spiro atoms. The molecule has 1 N–H and O–H groups in total. The molecule has 0 atom stereocenters. The zero-order valence-corrected chi connectivity index (χ0v) is 12.8. The Morgan fingerprint density at radius 3 is 2.73 bits per heavy atom. The first kappa shape index (κ1) is 14.4. The molecule has 3 aromatic rings. The number of benzene rings is 1. The van der Waals surface area contributed by atoms with Crippen LogP contribution in [0.15, 0.2) is 36.5 Å². The van der Waals surface area contributed by atoms with Gasteiger partial charge in [0.1, 0.15) is 17.1 Å². The Kier molecular flexibility index (Phi) is 3.50. The van der Waals surface area contributed by atoms with Gasteiger partial charge in [-0.15, -0.1) is 0 Å². The third-order valence-electron chi connectivity index (χ3n) is 3.45. The van der Waals surface area contributed by atoms with E-state index in [2.05, 4.69) is 4.98 Å². The van der Waals surface area contributed by atoms with Gasteiger partial charge in [0.25, 0.3) is 0 Å². The minimum absolute atomic E-state index is 0.0852. The molecule has 0 unspecified atom stereocenters. The number of fused-ring (bicyclic) bond motifs is 1. The Hall–Kier alpha value is -2.53. The Morgan fingerprint density at radius 2 is 2.09 bits per heavy atom. The topological polar surface area (TPSA) is 63.8 Å². The fourth-order valence-corrected chi connectivity index (χ4v) is 2.61. The maximum absolute atomic E-state index is 11.7.